The van der Waals surface area contributed by atoms with E-state index in [1.807, 2.05) is 13.8 Å². The minimum atomic E-state index is -1.07. The van der Waals surface area contributed by atoms with E-state index in [0.717, 1.165) is 25.0 Å². The SMILES string of the molecule is CCC(CC)C(=O)/C=C/C(=O)O. The molecule has 68 valence electrons. The highest BCUT2D eigenvalue weighted by molar-refractivity contribution is 5.96. The lowest BCUT2D eigenvalue weighted by Crippen LogP contribution is -2.09. The first-order valence-corrected chi connectivity index (χ1v) is 4.06. The smallest absolute Gasteiger partial charge is 0.328 e. The predicted octanol–water partition coefficient (Wildman–Crippen LogP) is 1.63. The molecule has 0 heterocycles. The number of allylic oxidation sites excluding steroid dienone is 1. The van der Waals surface area contributed by atoms with Gasteiger partial charge in [-0.1, -0.05) is 13.8 Å². The van der Waals surface area contributed by atoms with Gasteiger partial charge >= 0.3 is 5.97 Å². The van der Waals surface area contributed by atoms with Gasteiger partial charge < -0.3 is 5.11 Å². The molecule has 0 bridgehead atoms. The van der Waals surface area contributed by atoms with Crippen molar-refractivity contribution in [1.29, 1.82) is 0 Å². The molecule has 0 amide bonds. The number of hydrogen-bond donors (Lipinski definition) is 1. The third-order valence-electron chi connectivity index (χ3n) is 1.78. The third-order valence-corrected chi connectivity index (χ3v) is 1.78. The maximum Gasteiger partial charge on any atom is 0.328 e. The van der Waals surface area contributed by atoms with Crippen LogP contribution in [0.25, 0.3) is 0 Å². The van der Waals surface area contributed by atoms with Gasteiger partial charge in [0.15, 0.2) is 5.78 Å². The van der Waals surface area contributed by atoms with Crippen LogP contribution in [-0.4, -0.2) is 16.9 Å². The van der Waals surface area contributed by atoms with Gasteiger partial charge in [-0.2, -0.15) is 0 Å². The average molecular weight is 170 g/mol. The number of hydrogen-bond acceptors (Lipinski definition) is 2. The van der Waals surface area contributed by atoms with Crippen LogP contribution in [0.15, 0.2) is 12.2 Å². The number of rotatable bonds is 5. The number of carbonyl (C=O) groups is 2. The molecule has 3 nitrogen and oxygen atoms in total. The van der Waals surface area contributed by atoms with Gasteiger partial charge in [0, 0.05) is 12.0 Å². The van der Waals surface area contributed by atoms with E-state index in [1.54, 1.807) is 0 Å². The second-order valence-corrected chi connectivity index (χ2v) is 2.59. The lowest BCUT2D eigenvalue weighted by atomic mass is 9.98. The Hall–Kier alpha value is -1.12. The summed E-state index contributed by atoms with van der Waals surface area (Å²) in [5.41, 5.74) is 0. The Morgan fingerprint density at radius 2 is 1.75 bits per heavy atom. The van der Waals surface area contributed by atoms with Crippen molar-refractivity contribution >= 4 is 11.8 Å². The molecular formula is C9H14O3. The van der Waals surface area contributed by atoms with E-state index < -0.39 is 5.97 Å². The van der Waals surface area contributed by atoms with Gasteiger partial charge in [-0.25, -0.2) is 4.79 Å². The summed E-state index contributed by atoms with van der Waals surface area (Å²) in [6, 6.07) is 0. The quantitative estimate of drug-likeness (QED) is 0.638. The molecule has 0 rings (SSSR count). The lowest BCUT2D eigenvalue weighted by molar-refractivity contribution is -0.131. The van der Waals surface area contributed by atoms with Crippen molar-refractivity contribution in [3.05, 3.63) is 12.2 Å². The summed E-state index contributed by atoms with van der Waals surface area (Å²) in [6.45, 7) is 3.83. The van der Waals surface area contributed by atoms with Crippen LogP contribution in [0.1, 0.15) is 26.7 Å². The van der Waals surface area contributed by atoms with E-state index in [2.05, 4.69) is 0 Å². The van der Waals surface area contributed by atoms with Crippen molar-refractivity contribution in [2.24, 2.45) is 5.92 Å². The molecular weight excluding hydrogens is 156 g/mol. The Morgan fingerprint density at radius 3 is 2.08 bits per heavy atom. The minimum absolute atomic E-state index is 0.0272. The molecule has 0 saturated carbocycles. The predicted molar refractivity (Wildman–Crippen MR) is 45.9 cm³/mol. The van der Waals surface area contributed by atoms with Crippen molar-refractivity contribution < 1.29 is 14.7 Å². The first kappa shape index (κ1) is 10.9. The summed E-state index contributed by atoms with van der Waals surface area (Å²) in [4.78, 5) is 21.2. The second-order valence-electron chi connectivity index (χ2n) is 2.59. The van der Waals surface area contributed by atoms with Crippen LogP contribution < -0.4 is 0 Å². The molecule has 0 aromatic rings. The zero-order valence-electron chi connectivity index (χ0n) is 7.41. The van der Waals surface area contributed by atoms with E-state index in [4.69, 9.17) is 5.11 Å². The highest BCUT2D eigenvalue weighted by Crippen LogP contribution is 2.09. The monoisotopic (exact) mass is 170 g/mol. The van der Waals surface area contributed by atoms with Crippen LogP contribution in [0.2, 0.25) is 0 Å². The molecule has 0 spiro atoms. The van der Waals surface area contributed by atoms with Gasteiger partial charge in [-0.15, -0.1) is 0 Å². The Labute approximate surface area is 72.1 Å². The van der Waals surface area contributed by atoms with Gasteiger partial charge in [0.1, 0.15) is 0 Å². The normalized spacial score (nSPS) is 10.9. The Balaban J connectivity index is 4.10. The summed E-state index contributed by atoms with van der Waals surface area (Å²) < 4.78 is 0. The van der Waals surface area contributed by atoms with Gasteiger partial charge in [0.25, 0.3) is 0 Å². The van der Waals surface area contributed by atoms with Crippen LogP contribution >= 0.6 is 0 Å². The van der Waals surface area contributed by atoms with Crippen LogP contribution in [0.5, 0.6) is 0 Å². The Morgan fingerprint density at radius 1 is 1.25 bits per heavy atom. The highest BCUT2D eigenvalue weighted by atomic mass is 16.4. The first-order chi connectivity index (χ1) is 5.61. The molecule has 0 aliphatic heterocycles. The summed E-state index contributed by atoms with van der Waals surface area (Å²) >= 11 is 0. The van der Waals surface area contributed by atoms with Crippen molar-refractivity contribution in [2.75, 3.05) is 0 Å². The van der Waals surface area contributed by atoms with Crippen LogP contribution in [-0.2, 0) is 9.59 Å². The highest BCUT2D eigenvalue weighted by Gasteiger charge is 2.10. The van der Waals surface area contributed by atoms with Crippen molar-refractivity contribution in [3.63, 3.8) is 0 Å². The fraction of sp³-hybridized carbons (Fsp3) is 0.556. The standard InChI is InChI=1S/C9H14O3/c1-3-7(4-2)8(10)5-6-9(11)12/h5-7H,3-4H2,1-2H3,(H,11,12)/b6-5+. The third kappa shape index (κ3) is 3.91. The van der Waals surface area contributed by atoms with Crippen LogP contribution in [0.3, 0.4) is 0 Å². The number of aliphatic carboxylic acids is 1. The molecule has 0 fully saturated rings. The zero-order chi connectivity index (χ0) is 9.56. The molecule has 1 N–H and O–H groups in total. The fourth-order valence-electron chi connectivity index (χ4n) is 0.981. The molecule has 0 aromatic carbocycles. The topological polar surface area (TPSA) is 54.4 Å². The molecule has 0 unspecified atom stereocenters. The van der Waals surface area contributed by atoms with Crippen molar-refractivity contribution in [3.8, 4) is 0 Å². The summed E-state index contributed by atoms with van der Waals surface area (Å²) in [6.07, 6.45) is 3.55. The first-order valence-electron chi connectivity index (χ1n) is 4.06. The van der Waals surface area contributed by atoms with Crippen LogP contribution in [0, 0.1) is 5.92 Å². The molecule has 0 atom stereocenters. The molecule has 0 radical (unpaired) electrons. The van der Waals surface area contributed by atoms with E-state index >= 15 is 0 Å². The Kier molecular flexibility index (Phi) is 5.00. The van der Waals surface area contributed by atoms with E-state index in [9.17, 15) is 9.59 Å². The van der Waals surface area contributed by atoms with Gasteiger partial charge in [0.2, 0.25) is 0 Å². The molecule has 0 aliphatic rings. The van der Waals surface area contributed by atoms with Gasteiger partial charge in [-0.3, -0.25) is 4.79 Å². The summed E-state index contributed by atoms with van der Waals surface area (Å²) in [7, 11) is 0. The molecule has 3 heteroatoms. The van der Waals surface area contributed by atoms with E-state index in [0.29, 0.717) is 0 Å². The molecule has 0 aromatic heterocycles. The van der Waals surface area contributed by atoms with Gasteiger partial charge in [-0.05, 0) is 18.9 Å². The average Bonchev–Trinajstić information content (AvgIpc) is 2.03. The van der Waals surface area contributed by atoms with E-state index in [1.165, 1.54) is 0 Å². The molecule has 0 aliphatic carbocycles. The lowest BCUT2D eigenvalue weighted by Gasteiger charge is -2.05. The largest absolute Gasteiger partial charge is 0.478 e. The maximum atomic E-state index is 11.2. The number of carbonyl (C=O) groups excluding carboxylic acids is 1. The second kappa shape index (κ2) is 5.52. The number of ketones is 1. The van der Waals surface area contributed by atoms with Gasteiger partial charge in [0.05, 0.1) is 0 Å². The fourth-order valence-corrected chi connectivity index (χ4v) is 0.981. The van der Waals surface area contributed by atoms with E-state index in [-0.39, 0.29) is 11.7 Å². The molecule has 0 saturated heterocycles. The molecule has 12 heavy (non-hydrogen) atoms. The minimum Gasteiger partial charge on any atom is -0.478 e. The number of carboxylic acid groups (broad SMARTS) is 1. The zero-order valence-corrected chi connectivity index (χ0v) is 7.41. The maximum absolute atomic E-state index is 11.2. The summed E-state index contributed by atoms with van der Waals surface area (Å²) in [5.74, 6) is -1.20. The van der Waals surface area contributed by atoms with Crippen LogP contribution in [0.4, 0.5) is 0 Å². The summed E-state index contributed by atoms with van der Waals surface area (Å²) in [5, 5.41) is 8.25. The van der Waals surface area contributed by atoms with Crippen molar-refractivity contribution in [1.82, 2.24) is 0 Å². The van der Waals surface area contributed by atoms with Crippen molar-refractivity contribution in [2.45, 2.75) is 26.7 Å². The Bertz CT molecular complexity index is 190. The number of carboxylic acids is 1.